The minimum Gasteiger partial charge on any atom is -0.497 e. The van der Waals surface area contributed by atoms with Gasteiger partial charge in [-0.3, -0.25) is 9.59 Å². The van der Waals surface area contributed by atoms with E-state index >= 15 is 0 Å². The summed E-state index contributed by atoms with van der Waals surface area (Å²) in [5.74, 6) is 0.309. The number of aliphatic hydroxyl groups is 1. The molecule has 3 aromatic rings. The van der Waals surface area contributed by atoms with Gasteiger partial charge >= 0.3 is 0 Å². The first kappa shape index (κ1) is 16.7. The highest BCUT2D eigenvalue weighted by Gasteiger charge is 2.11. The molecule has 6 nitrogen and oxygen atoms in total. The highest BCUT2D eigenvalue weighted by molar-refractivity contribution is 6.09. The summed E-state index contributed by atoms with van der Waals surface area (Å²) in [6, 6.07) is 13.8. The number of carbonyl (C=O) groups is 1. The number of nitrogens with zero attached hydrogens (tertiary/aromatic N) is 1. The number of aliphatic hydroxyl groups excluding tert-OH is 1. The van der Waals surface area contributed by atoms with Crippen LogP contribution in [0, 0.1) is 0 Å². The molecule has 128 valence electrons. The molecule has 0 saturated carbocycles. The standard InChI is InChI=1S/C19H18N2O4/c1-25-14-5-2-4-13(12-14)18(23)20-17-7-3-6-16-15(17)8-9-21(10-11-22)19(16)24/h2-9,12,22H,10-11H2,1H3,(H,20,23). The first-order valence-corrected chi connectivity index (χ1v) is 7.82. The molecule has 0 fully saturated rings. The van der Waals surface area contributed by atoms with Crippen LogP contribution in [0.5, 0.6) is 5.75 Å². The summed E-state index contributed by atoms with van der Waals surface area (Å²) in [5.41, 5.74) is 0.813. The fraction of sp³-hybridized carbons (Fsp3) is 0.158. The van der Waals surface area contributed by atoms with E-state index in [4.69, 9.17) is 9.84 Å². The van der Waals surface area contributed by atoms with Crippen molar-refractivity contribution in [1.29, 1.82) is 0 Å². The Bertz CT molecular complexity index is 979. The lowest BCUT2D eigenvalue weighted by Crippen LogP contribution is -2.21. The number of anilines is 1. The number of aromatic nitrogens is 1. The summed E-state index contributed by atoms with van der Waals surface area (Å²) < 4.78 is 6.57. The second kappa shape index (κ2) is 7.19. The third kappa shape index (κ3) is 3.39. The van der Waals surface area contributed by atoms with E-state index in [1.807, 2.05) is 0 Å². The summed E-state index contributed by atoms with van der Waals surface area (Å²) in [4.78, 5) is 24.9. The molecule has 0 aliphatic carbocycles. The zero-order valence-corrected chi connectivity index (χ0v) is 13.7. The molecular formula is C19H18N2O4. The smallest absolute Gasteiger partial charge is 0.258 e. The topological polar surface area (TPSA) is 80.6 Å². The van der Waals surface area contributed by atoms with E-state index < -0.39 is 0 Å². The van der Waals surface area contributed by atoms with E-state index in [0.29, 0.717) is 27.8 Å². The van der Waals surface area contributed by atoms with Crippen LogP contribution in [0.4, 0.5) is 5.69 Å². The molecule has 0 bridgehead atoms. The monoisotopic (exact) mass is 338 g/mol. The lowest BCUT2D eigenvalue weighted by molar-refractivity contribution is 0.102. The fourth-order valence-electron chi connectivity index (χ4n) is 2.67. The van der Waals surface area contributed by atoms with Crippen LogP contribution >= 0.6 is 0 Å². The molecule has 0 saturated heterocycles. The SMILES string of the molecule is COc1cccc(C(=O)Nc2cccc3c(=O)n(CCO)ccc23)c1. The predicted molar refractivity (Wildman–Crippen MR) is 96.2 cm³/mol. The van der Waals surface area contributed by atoms with Crippen molar-refractivity contribution >= 4 is 22.4 Å². The molecule has 25 heavy (non-hydrogen) atoms. The normalized spacial score (nSPS) is 10.6. The van der Waals surface area contributed by atoms with Crippen molar-refractivity contribution < 1.29 is 14.6 Å². The molecule has 0 aliphatic rings. The second-order valence-electron chi connectivity index (χ2n) is 5.49. The van der Waals surface area contributed by atoms with Gasteiger partial charge in [0, 0.05) is 34.8 Å². The molecule has 0 radical (unpaired) electrons. The number of benzene rings is 2. The third-order valence-corrected chi connectivity index (χ3v) is 3.94. The largest absolute Gasteiger partial charge is 0.497 e. The highest BCUT2D eigenvalue weighted by Crippen LogP contribution is 2.22. The predicted octanol–water partition coefficient (Wildman–Crippen LogP) is 2.25. The Morgan fingerprint density at radius 2 is 1.96 bits per heavy atom. The van der Waals surface area contributed by atoms with Crippen molar-refractivity contribution in [1.82, 2.24) is 4.57 Å². The van der Waals surface area contributed by atoms with Gasteiger partial charge in [-0.1, -0.05) is 12.1 Å². The molecule has 1 heterocycles. The number of pyridine rings is 1. The maximum Gasteiger partial charge on any atom is 0.258 e. The van der Waals surface area contributed by atoms with Gasteiger partial charge in [0.15, 0.2) is 0 Å². The van der Waals surface area contributed by atoms with Gasteiger partial charge < -0.3 is 19.7 Å². The average molecular weight is 338 g/mol. The number of amides is 1. The second-order valence-corrected chi connectivity index (χ2v) is 5.49. The van der Waals surface area contributed by atoms with Gasteiger partial charge in [-0.2, -0.15) is 0 Å². The van der Waals surface area contributed by atoms with Crippen molar-refractivity contribution in [2.75, 3.05) is 19.0 Å². The zero-order valence-electron chi connectivity index (χ0n) is 13.7. The Morgan fingerprint density at radius 1 is 1.16 bits per heavy atom. The molecule has 0 spiro atoms. The number of ether oxygens (including phenoxy) is 1. The molecule has 0 unspecified atom stereocenters. The Morgan fingerprint density at radius 3 is 2.72 bits per heavy atom. The number of hydrogen-bond acceptors (Lipinski definition) is 4. The van der Waals surface area contributed by atoms with Crippen LogP contribution in [0.2, 0.25) is 0 Å². The maximum absolute atomic E-state index is 12.5. The van der Waals surface area contributed by atoms with Crippen molar-refractivity contribution in [2.45, 2.75) is 6.54 Å². The number of fused-ring (bicyclic) bond motifs is 1. The quantitative estimate of drug-likeness (QED) is 0.748. The van der Waals surface area contributed by atoms with E-state index in [2.05, 4.69) is 5.32 Å². The van der Waals surface area contributed by atoms with Gasteiger partial charge in [-0.05, 0) is 36.4 Å². The van der Waals surface area contributed by atoms with Gasteiger partial charge in [-0.25, -0.2) is 0 Å². The van der Waals surface area contributed by atoms with Crippen molar-refractivity contribution in [3.05, 3.63) is 70.6 Å². The zero-order chi connectivity index (χ0) is 17.8. The van der Waals surface area contributed by atoms with Crippen molar-refractivity contribution in [3.8, 4) is 5.75 Å². The van der Waals surface area contributed by atoms with Crippen LogP contribution in [0.3, 0.4) is 0 Å². The molecule has 3 rings (SSSR count). The fourth-order valence-corrected chi connectivity index (χ4v) is 2.67. The van der Waals surface area contributed by atoms with E-state index in [9.17, 15) is 9.59 Å². The van der Waals surface area contributed by atoms with Crippen LogP contribution in [0.25, 0.3) is 10.8 Å². The molecule has 2 N–H and O–H groups in total. The van der Waals surface area contributed by atoms with Crippen LogP contribution in [0.1, 0.15) is 10.4 Å². The van der Waals surface area contributed by atoms with Crippen molar-refractivity contribution in [2.24, 2.45) is 0 Å². The summed E-state index contributed by atoms with van der Waals surface area (Å²) in [6.07, 6.45) is 1.61. The number of methoxy groups -OCH3 is 1. The van der Waals surface area contributed by atoms with E-state index in [1.54, 1.807) is 61.8 Å². The first-order chi connectivity index (χ1) is 12.1. The van der Waals surface area contributed by atoms with Gasteiger partial charge in [0.25, 0.3) is 11.5 Å². The van der Waals surface area contributed by atoms with Crippen LogP contribution in [-0.2, 0) is 6.54 Å². The van der Waals surface area contributed by atoms with Crippen LogP contribution < -0.4 is 15.6 Å². The van der Waals surface area contributed by atoms with Gasteiger partial charge in [0.05, 0.1) is 13.7 Å². The van der Waals surface area contributed by atoms with E-state index in [1.165, 1.54) is 4.57 Å². The molecule has 0 atom stereocenters. The summed E-state index contributed by atoms with van der Waals surface area (Å²) in [5, 5.41) is 13.0. The number of hydrogen-bond donors (Lipinski definition) is 2. The van der Waals surface area contributed by atoms with Gasteiger partial charge in [0.2, 0.25) is 0 Å². The van der Waals surface area contributed by atoms with Crippen LogP contribution in [0.15, 0.2) is 59.5 Å². The first-order valence-electron chi connectivity index (χ1n) is 7.82. The molecule has 1 aromatic heterocycles. The number of rotatable bonds is 5. The van der Waals surface area contributed by atoms with Gasteiger partial charge in [-0.15, -0.1) is 0 Å². The summed E-state index contributed by atoms with van der Waals surface area (Å²) >= 11 is 0. The minimum atomic E-state index is -0.286. The Hall–Kier alpha value is -3.12. The molecule has 2 aromatic carbocycles. The summed E-state index contributed by atoms with van der Waals surface area (Å²) in [7, 11) is 1.54. The molecule has 0 aliphatic heterocycles. The Balaban J connectivity index is 1.97. The Labute approximate surface area is 144 Å². The lowest BCUT2D eigenvalue weighted by atomic mass is 10.1. The number of carbonyl (C=O) groups excluding carboxylic acids is 1. The molecule has 1 amide bonds. The average Bonchev–Trinajstić information content (AvgIpc) is 2.64. The number of nitrogens with one attached hydrogen (secondary N) is 1. The Kier molecular flexibility index (Phi) is 4.81. The van der Waals surface area contributed by atoms with E-state index in [0.717, 1.165) is 0 Å². The van der Waals surface area contributed by atoms with Gasteiger partial charge in [0.1, 0.15) is 5.75 Å². The minimum absolute atomic E-state index is 0.113. The van der Waals surface area contributed by atoms with Crippen LogP contribution in [-0.4, -0.2) is 29.3 Å². The molecule has 6 heteroatoms. The summed E-state index contributed by atoms with van der Waals surface area (Å²) in [6.45, 7) is 0.118. The maximum atomic E-state index is 12.5. The third-order valence-electron chi connectivity index (χ3n) is 3.94. The van der Waals surface area contributed by atoms with E-state index in [-0.39, 0.29) is 24.6 Å². The van der Waals surface area contributed by atoms with Crippen molar-refractivity contribution in [3.63, 3.8) is 0 Å². The molecular weight excluding hydrogens is 320 g/mol. The lowest BCUT2D eigenvalue weighted by Gasteiger charge is -2.11. The highest BCUT2D eigenvalue weighted by atomic mass is 16.5.